The third-order valence-electron chi connectivity index (χ3n) is 3.55. The van der Waals surface area contributed by atoms with Crippen LogP contribution >= 0.6 is 0 Å². The Morgan fingerprint density at radius 1 is 1.29 bits per heavy atom. The summed E-state index contributed by atoms with van der Waals surface area (Å²) in [5.41, 5.74) is 1.25. The second-order valence-electron chi connectivity index (χ2n) is 4.89. The Morgan fingerprint density at radius 3 is 3.14 bits per heavy atom. The van der Waals surface area contributed by atoms with Gasteiger partial charge in [-0.05, 0) is 18.2 Å². The summed E-state index contributed by atoms with van der Waals surface area (Å²) in [6.07, 6.45) is 0.844. The summed E-state index contributed by atoms with van der Waals surface area (Å²) in [7, 11) is 0. The highest BCUT2D eigenvalue weighted by atomic mass is 16.5. The quantitative estimate of drug-likeness (QED) is 0.741. The molecule has 1 unspecified atom stereocenters. The SMILES string of the molecule is O=c1[nH]nc2ccc(NC3CCOc4ccccc43)nn12. The Kier molecular flexibility index (Phi) is 2.63. The molecular formula is C14H13N5O2. The normalized spacial score (nSPS) is 17.2. The largest absolute Gasteiger partial charge is 0.493 e. The lowest BCUT2D eigenvalue weighted by Crippen LogP contribution is -2.22. The van der Waals surface area contributed by atoms with E-state index >= 15 is 0 Å². The zero-order valence-electron chi connectivity index (χ0n) is 11.1. The molecule has 1 aliphatic rings. The van der Waals surface area contributed by atoms with Gasteiger partial charge in [0.1, 0.15) is 11.6 Å². The zero-order valence-corrected chi connectivity index (χ0v) is 11.1. The first kappa shape index (κ1) is 12.0. The number of anilines is 1. The van der Waals surface area contributed by atoms with Gasteiger partial charge in [0.25, 0.3) is 0 Å². The summed E-state index contributed by atoms with van der Waals surface area (Å²) in [6.45, 7) is 0.655. The number of benzene rings is 1. The molecule has 0 radical (unpaired) electrons. The van der Waals surface area contributed by atoms with Gasteiger partial charge in [-0.3, -0.25) is 0 Å². The molecule has 3 aromatic rings. The standard InChI is InChI=1S/C14H13N5O2/c20-14-17-16-13-6-5-12(18-19(13)14)15-10-7-8-21-11-4-2-1-3-9(10)11/h1-6,10H,7-8H2,(H,15,18)(H,17,20). The highest BCUT2D eigenvalue weighted by Gasteiger charge is 2.21. The number of hydrogen-bond donors (Lipinski definition) is 2. The fourth-order valence-electron chi connectivity index (χ4n) is 2.55. The number of rotatable bonds is 2. The van der Waals surface area contributed by atoms with Crippen LogP contribution in [0.5, 0.6) is 5.75 Å². The number of ether oxygens (including phenoxy) is 1. The van der Waals surface area contributed by atoms with E-state index in [1.165, 1.54) is 4.52 Å². The molecule has 0 fully saturated rings. The topological polar surface area (TPSA) is 84.3 Å². The number of aromatic nitrogens is 4. The highest BCUT2D eigenvalue weighted by molar-refractivity contribution is 5.47. The van der Waals surface area contributed by atoms with Crippen LogP contribution in [0.2, 0.25) is 0 Å². The van der Waals surface area contributed by atoms with Crippen LogP contribution in [0.3, 0.4) is 0 Å². The lowest BCUT2D eigenvalue weighted by Gasteiger charge is -2.26. The maximum atomic E-state index is 11.6. The minimum absolute atomic E-state index is 0.113. The van der Waals surface area contributed by atoms with Crippen molar-refractivity contribution in [2.24, 2.45) is 0 Å². The van der Waals surface area contributed by atoms with E-state index < -0.39 is 0 Å². The van der Waals surface area contributed by atoms with E-state index in [2.05, 4.69) is 20.6 Å². The fraction of sp³-hybridized carbons (Fsp3) is 0.214. The van der Waals surface area contributed by atoms with Gasteiger partial charge in [-0.1, -0.05) is 18.2 Å². The van der Waals surface area contributed by atoms with Gasteiger partial charge in [0, 0.05) is 12.0 Å². The van der Waals surface area contributed by atoms with Crippen molar-refractivity contribution in [3.8, 4) is 5.75 Å². The van der Waals surface area contributed by atoms with Crippen molar-refractivity contribution in [1.29, 1.82) is 0 Å². The van der Waals surface area contributed by atoms with Crippen LogP contribution < -0.4 is 15.7 Å². The molecule has 2 N–H and O–H groups in total. The van der Waals surface area contributed by atoms with Gasteiger partial charge in [-0.2, -0.15) is 9.61 Å². The van der Waals surface area contributed by atoms with Crippen molar-refractivity contribution in [3.05, 3.63) is 52.4 Å². The zero-order chi connectivity index (χ0) is 14.2. The van der Waals surface area contributed by atoms with Gasteiger partial charge in [0.15, 0.2) is 5.65 Å². The molecule has 0 spiro atoms. The third kappa shape index (κ3) is 2.03. The van der Waals surface area contributed by atoms with Gasteiger partial charge >= 0.3 is 5.69 Å². The van der Waals surface area contributed by atoms with Gasteiger partial charge in [-0.25, -0.2) is 9.89 Å². The van der Waals surface area contributed by atoms with Crippen LogP contribution in [-0.2, 0) is 0 Å². The smallest absolute Gasteiger partial charge is 0.364 e. The minimum atomic E-state index is -0.346. The molecule has 7 heteroatoms. The highest BCUT2D eigenvalue weighted by Crippen LogP contribution is 2.33. The first-order valence-corrected chi connectivity index (χ1v) is 6.74. The monoisotopic (exact) mass is 283 g/mol. The fourth-order valence-corrected chi connectivity index (χ4v) is 2.55. The lowest BCUT2D eigenvalue weighted by atomic mass is 10.0. The van der Waals surface area contributed by atoms with E-state index in [-0.39, 0.29) is 11.7 Å². The number of nitrogens with zero attached hydrogens (tertiary/aromatic N) is 3. The first-order valence-electron chi connectivity index (χ1n) is 6.74. The van der Waals surface area contributed by atoms with Crippen LogP contribution in [0.1, 0.15) is 18.0 Å². The maximum Gasteiger partial charge on any atom is 0.364 e. The number of para-hydroxylation sites is 1. The van der Waals surface area contributed by atoms with Crippen molar-refractivity contribution >= 4 is 11.5 Å². The molecule has 1 atom stereocenters. The number of nitrogens with one attached hydrogen (secondary N) is 2. The predicted octanol–water partition coefficient (Wildman–Crippen LogP) is 1.35. The number of H-pyrrole nitrogens is 1. The molecule has 0 aliphatic carbocycles. The van der Waals surface area contributed by atoms with Gasteiger partial charge < -0.3 is 10.1 Å². The van der Waals surface area contributed by atoms with E-state index in [9.17, 15) is 4.79 Å². The summed E-state index contributed by atoms with van der Waals surface area (Å²) in [5.74, 6) is 1.52. The molecule has 2 aromatic heterocycles. The van der Waals surface area contributed by atoms with Crippen molar-refractivity contribution in [1.82, 2.24) is 19.8 Å². The van der Waals surface area contributed by atoms with E-state index in [0.29, 0.717) is 18.1 Å². The van der Waals surface area contributed by atoms with Crippen molar-refractivity contribution < 1.29 is 4.74 Å². The number of fused-ring (bicyclic) bond motifs is 2. The van der Waals surface area contributed by atoms with Crippen LogP contribution in [0.25, 0.3) is 5.65 Å². The summed E-state index contributed by atoms with van der Waals surface area (Å²) in [5, 5.41) is 13.8. The Labute approximate surface area is 119 Å². The molecule has 0 saturated heterocycles. The average Bonchev–Trinajstić information content (AvgIpc) is 2.89. The summed E-state index contributed by atoms with van der Waals surface area (Å²) < 4.78 is 6.88. The summed E-state index contributed by atoms with van der Waals surface area (Å²) >= 11 is 0. The number of aromatic amines is 1. The molecule has 3 heterocycles. The summed E-state index contributed by atoms with van der Waals surface area (Å²) in [6, 6.07) is 11.6. The van der Waals surface area contributed by atoms with E-state index in [1.807, 2.05) is 30.3 Å². The average molecular weight is 283 g/mol. The predicted molar refractivity (Wildman–Crippen MR) is 76.5 cm³/mol. The van der Waals surface area contributed by atoms with Gasteiger partial charge in [0.05, 0.1) is 12.6 Å². The van der Waals surface area contributed by atoms with Crippen LogP contribution in [0.4, 0.5) is 5.82 Å². The Bertz CT molecular complexity index is 854. The third-order valence-corrected chi connectivity index (χ3v) is 3.55. The Hall–Kier alpha value is -2.83. The number of hydrogen-bond acceptors (Lipinski definition) is 5. The maximum absolute atomic E-state index is 11.6. The lowest BCUT2D eigenvalue weighted by molar-refractivity contribution is 0.274. The van der Waals surface area contributed by atoms with Crippen LogP contribution in [0.15, 0.2) is 41.2 Å². The second kappa shape index (κ2) is 4.62. The second-order valence-corrected chi connectivity index (χ2v) is 4.89. The van der Waals surface area contributed by atoms with Gasteiger partial charge in [0.2, 0.25) is 0 Å². The Morgan fingerprint density at radius 2 is 2.19 bits per heavy atom. The molecule has 1 aliphatic heterocycles. The minimum Gasteiger partial charge on any atom is -0.493 e. The van der Waals surface area contributed by atoms with Crippen molar-refractivity contribution in [2.75, 3.05) is 11.9 Å². The molecule has 106 valence electrons. The Balaban J connectivity index is 1.69. The molecule has 0 bridgehead atoms. The molecule has 4 rings (SSSR count). The van der Waals surface area contributed by atoms with Gasteiger partial charge in [-0.15, -0.1) is 5.10 Å². The molecule has 0 saturated carbocycles. The molecule has 1 aromatic carbocycles. The van der Waals surface area contributed by atoms with Crippen LogP contribution in [0, 0.1) is 0 Å². The first-order chi connectivity index (χ1) is 10.3. The summed E-state index contributed by atoms with van der Waals surface area (Å²) in [4.78, 5) is 11.6. The van der Waals surface area contributed by atoms with Crippen molar-refractivity contribution in [2.45, 2.75) is 12.5 Å². The molecule has 0 amide bonds. The van der Waals surface area contributed by atoms with E-state index in [1.54, 1.807) is 6.07 Å². The van der Waals surface area contributed by atoms with E-state index in [0.717, 1.165) is 17.7 Å². The molecule has 7 nitrogen and oxygen atoms in total. The molecule has 21 heavy (non-hydrogen) atoms. The van der Waals surface area contributed by atoms with Crippen molar-refractivity contribution in [3.63, 3.8) is 0 Å². The van der Waals surface area contributed by atoms with Crippen LogP contribution in [-0.4, -0.2) is 26.4 Å². The van der Waals surface area contributed by atoms with E-state index in [4.69, 9.17) is 4.74 Å². The molecular weight excluding hydrogens is 270 g/mol.